The highest BCUT2D eigenvalue weighted by molar-refractivity contribution is 5.96. The van der Waals surface area contributed by atoms with Gasteiger partial charge in [-0.1, -0.05) is 6.07 Å². The maximum absolute atomic E-state index is 11.9. The summed E-state index contributed by atoms with van der Waals surface area (Å²) in [5.74, 6) is -1.07. The Kier molecular flexibility index (Phi) is 5.05. The van der Waals surface area contributed by atoms with Crippen molar-refractivity contribution in [1.82, 2.24) is 9.99 Å². The van der Waals surface area contributed by atoms with Gasteiger partial charge in [0.25, 0.3) is 11.6 Å². The van der Waals surface area contributed by atoms with Crippen LogP contribution >= 0.6 is 0 Å². The second kappa shape index (κ2) is 7.18. The molecule has 0 saturated heterocycles. The molecule has 0 atom stereocenters. The molecule has 0 bridgehead atoms. The van der Waals surface area contributed by atoms with Gasteiger partial charge in [-0.2, -0.15) is 5.10 Å². The molecule has 0 aliphatic carbocycles. The van der Waals surface area contributed by atoms with E-state index >= 15 is 0 Å². The average Bonchev–Trinajstić information content (AvgIpc) is 2.94. The number of rotatable bonds is 5. The van der Waals surface area contributed by atoms with E-state index in [0.29, 0.717) is 11.3 Å². The largest absolute Gasteiger partial charge is 0.464 e. The van der Waals surface area contributed by atoms with Crippen LogP contribution in [-0.2, 0) is 11.8 Å². The Morgan fingerprint density at radius 3 is 2.79 bits per heavy atom. The summed E-state index contributed by atoms with van der Waals surface area (Å²) in [5, 5.41) is 14.5. The number of esters is 1. The minimum Gasteiger partial charge on any atom is -0.464 e. The molecule has 0 aliphatic rings. The second-order valence-electron chi connectivity index (χ2n) is 4.77. The van der Waals surface area contributed by atoms with Crippen molar-refractivity contribution in [3.8, 4) is 0 Å². The van der Waals surface area contributed by atoms with Gasteiger partial charge in [0.2, 0.25) is 0 Å². The quantitative estimate of drug-likeness (QED) is 0.386. The van der Waals surface area contributed by atoms with Gasteiger partial charge < -0.3 is 9.30 Å². The van der Waals surface area contributed by atoms with E-state index in [4.69, 9.17) is 0 Å². The van der Waals surface area contributed by atoms with E-state index in [1.165, 1.54) is 31.5 Å². The van der Waals surface area contributed by atoms with Crippen molar-refractivity contribution in [3.63, 3.8) is 0 Å². The van der Waals surface area contributed by atoms with Gasteiger partial charge in [-0.25, -0.2) is 10.2 Å². The zero-order valence-corrected chi connectivity index (χ0v) is 12.9. The number of nitro benzene ring substituents is 1. The molecule has 0 saturated carbocycles. The number of carbonyl (C=O) groups excluding carboxylic acids is 2. The lowest BCUT2D eigenvalue weighted by Crippen LogP contribution is -2.17. The van der Waals surface area contributed by atoms with Gasteiger partial charge >= 0.3 is 5.97 Å². The van der Waals surface area contributed by atoms with Crippen molar-refractivity contribution in [2.75, 3.05) is 7.11 Å². The minimum absolute atomic E-state index is 0.115. The summed E-state index contributed by atoms with van der Waals surface area (Å²) < 4.78 is 6.20. The average molecular weight is 330 g/mol. The Morgan fingerprint density at radius 1 is 1.38 bits per heavy atom. The third-order valence-electron chi connectivity index (χ3n) is 3.12. The first-order valence-corrected chi connectivity index (χ1v) is 6.75. The maximum Gasteiger partial charge on any atom is 0.354 e. The first-order chi connectivity index (χ1) is 11.4. The number of methoxy groups -OCH3 is 1. The molecule has 9 heteroatoms. The third-order valence-corrected chi connectivity index (χ3v) is 3.12. The molecule has 1 amide bonds. The third kappa shape index (κ3) is 3.83. The molecule has 9 nitrogen and oxygen atoms in total. The van der Waals surface area contributed by atoms with Crippen LogP contribution in [0.2, 0.25) is 0 Å². The van der Waals surface area contributed by atoms with Crippen molar-refractivity contribution in [3.05, 3.63) is 63.5 Å². The molecule has 2 aromatic rings. The number of hydrogen-bond donors (Lipinski definition) is 1. The number of non-ortho nitro benzene ring substituents is 1. The van der Waals surface area contributed by atoms with Crippen LogP contribution in [0.4, 0.5) is 5.69 Å². The number of benzene rings is 1. The number of hydrazone groups is 1. The van der Waals surface area contributed by atoms with E-state index in [1.807, 2.05) is 0 Å². The predicted octanol–water partition coefficient (Wildman–Crippen LogP) is 1.48. The number of amides is 1. The van der Waals surface area contributed by atoms with E-state index in [-0.39, 0.29) is 11.3 Å². The summed E-state index contributed by atoms with van der Waals surface area (Å²) in [4.78, 5) is 33.5. The number of nitro groups is 1. The Bertz CT molecular complexity index is 825. The highest BCUT2D eigenvalue weighted by atomic mass is 16.6. The van der Waals surface area contributed by atoms with Crippen LogP contribution in [0.5, 0.6) is 0 Å². The molecular formula is C15H14N4O5. The molecule has 24 heavy (non-hydrogen) atoms. The van der Waals surface area contributed by atoms with Crippen LogP contribution in [0.15, 0.2) is 41.6 Å². The first-order valence-electron chi connectivity index (χ1n) is 6.75. The van der Waals surface area contributed by atoms with Crippen molar-refractivity contribution in [2.24, 2.45) is 12.1 Å². The van der Waals surface area contributed by atoms with Crippen LogP contribution in [0.1, 0.15) is 26.4 Å². The molecule has 0 aliphatic heterocycles. The number of ether oxygens (including phenoxy) is 1. The van der Waals surface area contributed by atoms with Gasteiger partial charge in [-0.05, 0) is 12.1 Å². The molecule has 1 heterocycles. The number of aryl methyl sites for hydroxylation is 1. The lowest BCUT2D eigenvalue weighted by atomic mass is 10.2. The summed E-state index contributed by atoms with van der Waals surface area (Å²) in [6, 6.07) is 6.85. The van der Waals surface area contributed by atoms with Gasteiger partial charge in [-0.15, -0.1) is 0 Å². The van der Waals surface area contributed by atoms with Crippen LogP contribution in [0.3, 0.4) is 0 Å². The molecule has 124 valence electrons. The van der Waals surface area contributed by atoms with Gasteiger partial charge in [0.1, 0.15) is 5.69 Å². The van der Waals surface area contributed by atoms with Gasteiger partial charge in [0.15, 0.2) is 0 Å². The van der Waals surface area contributed by atoms with Crippen LogP contribution in [0, 0.1) is 10.1 Å². The number of nitrogens with zero attached hydrogens (tertiary/aromatic N) is 3. The van der Waals surface area contributed by atoms with Gasteiger partial charge in [-0.3, -0.25) is 14.9 Å². The van der Waals surface area contributed by atoms with Crippen molar-refractivity contribution >= 4 is 23.8 Å². The van der Waals surface area contributed by atoms with Crippen LogP contribution in [0.25, 0.3) is 0 Å². The highest BCUT2D eigenvalue weighted by Crippen LogP contribution is 2.13. The zero-order valence-electron chi connectivity index (χ0n) is 12.9. The fraction of sp³-hybridized carbons (Fsp3) is 0.133. The van der Waals surface area contributed by atoms with E-state index in [1.54, 1.807) is 23.9 Å². The molecule has 0 unspecified atom stereocenters. The Hall–Kier alpha value is -3.49. The smallest absolute Gasteiger partial charge is 0.354 e. The molecule has 1 aromatic carbocycles. The molecule has 2 rings (SSSR count). The Morgan fingerprint density at radius 2 is 2.12 bits per heavy atom. The van der Waals surface area contributed by atoms with Gasteiger partial charge in [0.05, 0.1) is 18.2 Å². The Balaban J connectivity index is 2.06. The molecule has 0 fully saturated rings. The topological polar surface area (TPSA) is 116 Å². The lowest BCUT2D eigenvalue weighted by Gasteiger charge is -1.99. The number of nitrogens with one attached hydrogen (secondary N) is 1. The monoisotopic (exact) mass is 330 g/mol. The fourth-order valence-electron chi connectivity index (χ4n) is 1.96. The lowest BCUT2D eigenvalue weighted by molar-refractivity contribution is -0.384. The fourth-order valence-corrected chi connectivity index (χ4v) is 1.96. The molecule has 0 spiro atoms. The van der Waals surface area contributed by atoms with Crippen LogP contribution in [-0.4, -0.2) is 34.7 Å². The van der Waals surface area contributed by atoms with Gasteiger partial charge in [0, 0.05) is 36.5 Å². The maximum atomic E-state index is 11.9. The minimum atomic E-state index is -0.585. The Labute approximate surface area is 136 Å². The number of aromatic nitrogens is 1. The zero-order chi connectivity index (χ0) is 17.7. The summed E-state index contributed by atoms with van der Waals surface area (Å²) >= 11 is 0. The molecule has 1 N–H and O–H groups in total. The molecule has 1 aromatic heterocycles. The van der Waals surface area contributed by atoms with Crippen LogP contribution < -0.4 is 5.43 Å². The number of carbonyl (C=O) groups is 2. The normalized spacial score (nSPS) is 10.6. The number of hydrogen-bond acceptors (Lipinski definition) is 6. The standard InChI is InChI=1S/C15H14N4O5/c1-18-9-10(6-13(18)15(21)24-2)8-16-17-14(20)11-4-3-5-12(7-11)19(22)23/h3-9H,1-2H3,(H,17,20)/b16-8+. The summed E-state index contributed by atoms with van der Waals surface area (Å²) in [6.07, 6.45) is 2.98. The van der Waals surface area contributed by atoms with Crippen molar-refractivity contribution in [2.45, 2.75) is 0 Å². The van der Waals surface area contributed by atoms with Crippen molar-refractivity contribution in [1.29, 1.82) is 0 Å². The first kappa shape index (κ1) is 16.9. The highest BCUT2D eigenvalue weighted by Gasteiger charge is 2.12. The van der Waals surface area contributed by atoms with E-state index in [9.17, 15) is 19.7 Å². The molecular weight excluding hydrogens is 316 g/mol. The summed E-state index contributed by atoms with van der Waals surface area (Å²) in [6.45, 7) is 0. The van der Waals surface area contributed by atoms with E-state index < -0.39 is 16.8 Å². The SMILES string of the molecule is COC(=O)c1cc(/C=N/NC(=O)c2cccc([N+](=O)[O-])c2)cn1C. The summed E-state index contributed by atoms with van der Waals surface area (Å²) in [5.41, 5.74) is 3.12. The second-order valence-corrected chi connectivity index (χ2v) is 4.77. The predicted molar refractivity (Wildman–Crippen MR) is 84.9 cm³/mol. The van der Waals surface area contributed by atoms with Crippen molar-refractivity contribution < 1.29 is 19.2 Å². The van der Waals surface area contributed by atoms with E-state index in [0.717, 1.165) is 6.07 Å². The summed E-state index contributed by atoms with van der Waals surface area (Å²) in [7, 11) is 2.95. The molecule has 0 radical (unpaired) electrons. The van der Waals surface area contributed by atoms with E-state index in [2.05, 4.69) is 15.3 Å².